The Labute approximate surface area is 188 Å². The standard InChI is InChI=1S/C24H22N4O3S/c29-21-12-14-26(15-17-7-2-1-3-8-17)24(31)28(21)16-22(30)27-13-6-10-19(27)23-25-18-9-4-5-11-20(18)32-23/h1-5,7-9,11-12,14,19H,6,10,13,15-16H2/t19-/m1/s1. The first kappa shape index (κ1) is 20.4. The number of aromatic nitrogens is 3. The Kier molecular flexibility index (Phi) is 5.45. The van der Waals surface area contributed by atoms with Crippen molar-refractivity contribution in [1.82, 2.24) is 19.0 Å². The monoisotopic (exact) mass is 446 g/mol. The lowest BCUT2D eigenvalue weighted by Crippen LogP contribution is -2.44. The van der Waals surface area contributed by atoms with Crippen molar-refractivity contribution in [3.63, 3.8) is 0 Å². The molecular weight excluding hydrogens is 424 g/mol. The summed E-state index contributed by atoms with van der Waals surface area (Å²) in [5.41, 5.74) is 0.922. The molecule has 4 aromatic rings. The summed E-state index contributed by atoms with van der Waals surface area (Å²) in [5.74, 6) is -0.233. The number of hydrogen-bond donors (Lipinski definition) is 0. The quantitative estimate of drug-likeness (QED) is 0.472. The number of nitrogens with zero attached hydrogens (tertiary/aromatic N) is 4. The van der Waals surface area contributed by atoms with Crippen LogP contribution < -0.4 is 11.2 Å². The van der Waals surface area contributed by atoms with E-state index in [1.165, 1.54) is 16.8 Å². The van der Waals surface area contributed by atoms with Crippen LogP contribution in [0.4, 0.5) is 0 Å². The van der Waals surface area contributed by atoms with Crippen LogP contribution in [0.15, 0.2) is 76.4 Å². The van der Waals surface area contributed by atoms with Crippen LogP contribution in [0.3, 0.4) is 0 Å². The Hall–Kier alpha value is -3.52. The molecule has 1 saturated heterocycles. The topological polar surface area (TPSA) is 77.2 Å². The molecule has 0 radical (unpaired) electrons. The van der Waals surface area contributed by atoms with Crippen LogP contribution in [0.5, 0.6) is 0 Å². The van der Waals surface area contributed by atoms with Gasteiger partial charge in [0.1, 0.15) is 11.6 Å². The molecule has 0 aliphatic carbocycles. The fourth-order valence-electron chi connectivity index (χ4n) is 4.18. The van der Waals surface area contributed by atoms with Gasteiger partial charge in [-0.1, -0.05) is 42.5 Å². The minimum absolute atomic E-state index is 0.120. The molecule has 8 heteroatoms. The van der Waals surface area contributed by atoms with E-state index in [-0.39, 0.29) is 18.5 Å². The average Bonchev–Trinajstić information content (AvgIpc) is 3.46. The molecule has 2 aromatic carbocycles. The first-order valence-corrected chi connectivity index (χ1v) is 11.4. The molecule has 0 bridgehead atoms. The van der Waals surface area contributed by atoms with Gasteiger partial charge in [-0.05, 0) is 30.5 Å². The first-order valence-electron chi connectivity index (χ1n) is 10.6. The van der Waals surface area contributed by atoms with Gasteiger partial charge in [0.05, 0.1) is 22.8 Å². The Bertz CT molecular complexity index is 1360. The molecule has 162 valence electrons. The highest BCUT2D eigenvalue weighted by Crippen LogP contribution is 2.36. The number of amides is 1. The van der Waals surface area contributed by atoms with Gasteiger partial charge >= 0.3 is 5.69 Å². The van der Waals surface area contributed by atoms with Crippen LogP contribution in [0, 0.1) is 0 Å². The molecule has 0 unspecified atom stereocenters. The summed E-state index contributed by atoms with van der Waals surface area (Å²) in [5, 5.41) is 0.902. The fraction of sp³-hybridized carbons (Fsp3) is 0.250. The van der Waals surface area contributed by atoms with E-state index in [0.717, 1.165) is 38.2 Å². The predicted molar refractivity (Wildman–Crippen MR) is 124 cm³/mol. The number of thiazole rings is 1. The van der Waals surface area contributed by atoms with E-state index in [0.29, 0.717) is 13.1 Å². The summed E-state index contributed by atoms with van der Waals surface area (Å²) in [6.45, 7) is 0.667. The lowest BCUT2D eigenvalue weighted by molar-refractivity contribution is -0.132. The number of carbonyl (C=O) groups excluding carboxylic acids is 1. The van der Waals surface area contributed by atoms with E-state index >= 15 is 0 Å². The van der Waals surface area contributed by atoms with Crippen LogP contribution in [0.2, 0.25) is 0 Å². The maximum atomic E-state index is 13.2. The molecule has 32 heavy (non-hydrogen) atoms. The van der Waals surface area contributed by atoms with Crippen molar-refractivity contribution in [3.05, 3.63) is 98.3 Å². The number of hydrogen-bond acceptors (Lipinski definition) is 5. The second kappa shape index (κ2) is 8.55. The molecule has 1 aliphatic heterocycles. The Morgan fingerprint density at radius 2 is 1.81 bits per heavy atom. The highest BCUT2D eigenvalue weighted by atomic mass is 32.1. The van der Waals surface area contributed by atoms with E-state index in [4.69, 9.17) is 4.98 Å². The number of likely N-dealkylation sites (tertiary alicyclic amines) is 1. The molecule has 2 aromatic heterocycles. The lowest BCUT2D eigenvalue weighted by Gasteiger charge is -2.23. The molecule has 0 N–H and O–H groups in total. The fourth-order valence-corrected chi connectivity index (χ4v) is 5.30. The number of carbonyl (C=O) groups is 1. The third-order valence-electron chi connectivity index (χ3n) is 5.80. The summed E-state index contributed by atoms with van der Waals surface area (Å²) in [6.07, 6.45) is 3.18. The highest BCUT2D eigenvalue weighted by Gasteiger charge is 2.32. The smallest absolute Gasteiger partial charge is 0.331 e. The van der Waals surface area contributed by atoms with Gasteiger partial charge in [0.15, 0.2) is 0 Å². The maximum absolute atomic E-state index is 13.2. The summed E-state index contributed by atoms with van der Waals surface area (Å²) >= 11 is 1.59. The highest BCUT2D eigenvalue weighted by molar-refractivity contribution is 7.18. The van der Waals surface area contributed by atoms with Gasteiger partial charge in [0, 0.05) is 18.8 Å². The molecule has 1 amide bonds. The normalized spacial score (nSPS) is 16.0. The van der Waals surface area contributed by atoms with Gasteiger partial charge in [-0.2, -0.15) is 0 Å². The van der Waals surface area contributed by atoms with Gasteiger partial charge in [-0.3, -0.25) is 18.7 Å². The van der Waals surface area contributed by atoms with E-state index in [1.54, 1.807) is 16.2 Å². The number of benzene rings is 2. The first-order chi connectivity index (χ1) is 15.6. The lowest BCUT2D eigenvalue weighted by atomic mass is 10.2. The molecule has 1 fully saturated rings. The average molecular weight is 447 g/mol. The molecular formula is C24H22N4O3S. The number of fused-ring (bicyclic) bond motifs is 1. The van der Waals surface area contributed by atoms with Crippen molar-refractivity contribution in [2.24, 2.45) is 0 Å². The largest absolute Gasteiger partial charge is 0.332 e. The molecule has 1 aliphatic rings. The minimum Gasteiger partial charge on any atom is -0.332 e. The second-order valence-corrected chi connectivity index (χ2v) is 8.96. The Balaban J connectivity index is 1.40. The van der Waals surface area contributed by atoms with E-state index in [9.17, 15) is 14.4 Å². The number of rotatable bonds is 5. The Morgan fingerprint density at radius 3 is 2.62 bits per heavy atom. The van der Waals surface area contributed by atoms with Crippen molar-refractivity contribution in [3.8, 4) is 0 Å². The van der Waals surface area contributed by atoms with Crippen LogP contribution >= 0.6 is 11.3 Å². The van der Waals surface area contributed by atoms with Crippen LogP contribution in [0.25, 0.3) is 10.2 Å². The zero-order valence-corrected chi connectivity index (χ0v) is 18.2. The second-order valence-electron chi connectivity index (χ2n) is 7.90. The molecule has 5 rings (SSSR count). The van der Waals surface area contributed by atoms with E-state index < -0.39 is 11.2 Å². The Morgan fingerprint density at radius 1 is 1.03 bits per heavy atom. The zero-order chi connectivity index (χ0) is 22.1. The molecule has 7 nitrogen and oxygen atoms in total. The van der Waals surface area contributed by atoms with Gasteiger partial charge in [-0.25, -0.2) is 9.78 Å². The molecule has 0 saturated carbocycles. The third-order valence-corrected chi connectivity index (χ3v) is 6.94. The van der Waals surface area contributed by atoms with Crippen molar-refractivity contribution >= 4 is 27.5 Å². The van der Waals surface area contributed by atoms with Gasteiger partial charge in [0.2, 0.25) is 5.91 Å². The summed E-state index contributed by atoms with van der Waals surface area (Å²) < 4.78 is 3.57. The summed E-state index contributed by atoms with van der Waals surface area (Å²) in [4.78, 5) is 45.1. The van der Waals surface area contributed by atoms with Gasteiger partial charge in [-0.15, -0.1) is 11.3 Å². The third kappa shape index (κ3) is 3.89. The molecule has 3 heterocycles. The molecule has 1 atom stereocenters. The van der Waals surface area contributed by atoms with Crippen LogP contribution in [0.1, 0.15) is 29.5 Å². The van der Waals surface area contributed by atoms with Gasteiger partial charge in [0.25, 0.3) is 5.56 Å². The van der Waals surface area contributed by atoms with Crippen molar-refractivity contribution in [2.45, 2.75) is 32.0 Å². The van der Waals surface area contributed by atoms with E-state index in [1.807, 2.05) is 54.6 Å². The predicted octanol–water partition coefficient (Wildman–Crippen LogP) is 3.03. The SMILES string of the molecule is O=C(Cn1c(=O)ccn(Cc2ccccc2)c1=O)N1CCC[C@@H]1c1nc2ccccc2s1. The maximum Gasteiger partial charge on any atom is 0.331 e. The van der Waals surface area contributed by atoms with Crippen LogP contribution in [-0.2, 0) is 17.9 Å². The van der Waals surface area contributed by atoms with Crippen molar-refractivity contribution in [1.29, 1.82) is 0 Å². The van der Waals surface area contributed by atoms with Crippen LogP contribution in [-0.4, -0.2) is 31.5 Å². The molecule has 0 spiro atoms. The number of para-hydroxylation sites is 1. The minimum atomic E-state index is -0.481. The summed E-state index contributed by atoms with van der Waals surface area (Å²) in [6, 6.07) is 18.7. The summed E-state index contributed by atoms with van der Waals surface area (Å²) in [7, 11) is 0. The van der Waals surface area contributed by atoms with Gasteiger partial charge < -0.3 is 4.90 Å². The van der Waals surface area contributed by atoms with Crippen molar-refractivity contribution in [2.75, 3.05) is 6.54 Å². The van der Waals surface area contributed by atoms with Crippen molar-refractivity contribution < 1.29 is 4.79 Å². The zero-order valence-electron chi connectivity index (χ0n) is 17.4. The van der Waals surface area contributed by atoms with E-state index in [2.05, 4.69) is 0 Å².